The molecular formula is C8H9BrO3S. The van der Waals surface area contributed by atoms with Gasteiger partial charge in [0.25, 0.3) is 0 Å². The number of hydrogen-bond acceptors (Lipinski definition) is 4. The van der Waals surface area contributed by atoms with Crippen molar-refractivity contribution in [2.24, 2.45) is 0 Å². The van der Waals surface area contributed by atoms with Crippen molar-refractivity contribution in [2.45, 2.75) is 12.5 Å². The zero-order valence-corrected chi connectivity index (χ0v) is 9.39. The molecule has 0 aliphatic carbocycles. The second-order valence-corrected chi connectivity index (χ2v) is 4.93. The third-order valence-corrected chi connectivity index (χ3v) is 3.23. The summed E-state index contributed by atoms with van der Waals surface area (Å²) in [6, 6.07) is 3.61. The number of hydrogen-bond donors (Lipinski definition) is 1. The van der Waals surface area contributed by atoms with Gasteiger partial charge in [0.15, 0.2) is 0 Å². The van der Waals surface area contributed by atoms with Gasteiger partial charge < -0.3 is 9.84 Å². The average Bonchev–Trinajstić information content (AvgIpc) is 2.51. The Kier molecular flexibility index (Phi) is 3.90. The number of esters is 1. The van der Waals surface area contributed by atoms with E-state index in [1.807, 2.05) is 6.07 Å². The quantitative estimate of drug-likeness (QED) is 0.851. The Balaban J connectivity index is 2.58. The summed E-state index contributed by atoms with van der Waals surface area (Å²) in [6.45, 7) is 0. The van der Waals surface area contributed by atoms with Crippen LogP contribution in [0.4, 0.5) is 0 Å². The van der Waals surface area contributed by atoms with Crippen LogP contribution in [0.5, 0.6) is 0 Å². The fourth-order valence-electron chi connectivity index (χ4n) is 0.849. The summed E-state index contributed by atoms with van der Waals surface area (Å²) in [4.78, 5) is 11.6. The Morgan fingerprint density at radius 2 is 2.46 bits per heavy atom. The molecule has 72 valence electrons. The number of ether oxygens (including phenoxy) is 1. The van der Waals surface area contributed by atoms with Crippen molar-refractivity contribution in [3.05, 3.63) is 20.8 Å². The maximum Gasteiger partial charge on any atom is 0.308 e. The number of aliphatic hydroxyl groups is 1. The highest BCUT2D eigenvalue weighted by molar-refractivity contribution is 9.11. The van der Waals surface area contributed by atoms with E-state index >= 15 is 0 Å². The van der Waals surface area contributed by atoms with Crippen LogP contribution >= 0.6 is 27.3 Å². The normalized spacial score (nSPS) is 12.5. The van der Waals surface area contributed by atoms with Gasteiger partial charge >= 0.3 is 5.97 Å². The summed E-state index contributed by atoms with van der Waals surface area (Å²) in [7, 11) is 1.30. The van der Waals surface area contributed by atoms with Gasteiger partial charge in [-0.1, -0.05) is 0 Å². The average molecular weight is 265 g/mol. The standard InChI is InChI=1S/C8H9BrO3S/c1-12-8(11)4-5(10)6-2-3-7(9)13-6/h2-3,5,10H,4H2,1H3. The molecule has 3 nitrogen and oxygen atoms in total. The lowest BCUT2D eigenvalue weighted by molar-refractivity contribution is -0.142. The van der Waals surface area contributed by atoms with E-state index in [4.69, 9.17) is 0 Å². The van der Waals surface area contributed by atoms with Gasteiger partial charge in [0, 0.05) is 4.88 Å². The van der Waals surface area contributed by atoms with Crippen molar-refractivity contribution in [3.63, 3.8) is 0 Å². The van der Waals surface area contributed by atoms with E-state index in [2.05, 4.69) is 20.7 Å². The SMILES string of the molecule is COC(=O)CC(O)c1ccc(Br)s1. The van der Waals surface area contributed by atoms with Crippen LogP contribution in [0.2, 0.25) is 0 Å². The second-order valence-electron chi connectivity index (χ2n) is 2.44. The van der Waals surface area contributed by atoms with Crippen molar-refractivity contribution in [2.75, 3.05) is 7.11 Å². The van der Waals surface area contributed by atoms with E-state index in [-0.39, 0.29) is 6.42 Å². The smallest absolute Gasteiger partial charge is 0.308 e. The maximum absolute atomic E-state index is 10.8. The van der Waals surface area contributed by atoms with E-state index in [1.54, 1.807) is 6.07 Å². The fraction of sp³-hybridized carbons (Fsp3) is 0.375. The molecule has 0 aliphatic heterocycles. The summed E-state index contributed by atoms with van der Waals surface area (Å²) in [6.07, 6.45) is -0.757. The number of rotatable bonds is 3. The first-order valence-electron chi connectivity index (χ1n) is 3.63. The van der Waals surface area contributed by atoms with Gasteiger partial charge in [-0.05, 0) is 28.1 Å². The molecule has 0 amide bonds. The van der Waals surface area contributed by atoms with Crippen molar-refractivity contribution < 1.29 is 14.6 Å². The predicted octanol–water partition coefficient (Wildman–Crippen LogP) is 2.11. The van der Waals surface area contributed by atoms with Gasteiger partial charge in [-0.25, -0.2) is 0 Å². The molecule has 5 heteroatoms. The van der Waals surface area contributed by atoms with Crippen LogP contribution in [0.15, 0.2) is 15.9 Å². The molecule has 0 saturated carbocycles. The molecule has 0 aromatic carbocycles. The number of carbonyl (C=O) groups is 1. The van der Waals surface area contributed by atoms with Gasteiger partial charge in [0.05, 0.1) is 23.4 Å². The summed E-state index contributed by atoms with van der Waals surface area (Å²) in [5, 5.41) is 9.52. The van der Waals surface area contributed by atoms with Crippen LogP contribution in [0.1, 0.15) is 17.4 Å². The van der Waals surface area contributed by atoms with Gasteiger partial charge in [-0.3, -0.25) is 4.79 Å². The van der Waals surface area contributed by atoms with Crippen LogP contribution in [0.25, 0.3) is 0 Å². The van der Waals surface area contributed by atoms with Crippen LogP contribution in [-0.2, 0) is 9.53 Å². The van der Waals surface area contributed by atoms with Crippen LogP contribution < -0.4 is 0 Å². The number of thiophene rings is 1. The summed E-state index contributed by atoms with van der Waals surface area (Å²) in [5.74, 6) is -0.406. The van der Waals surface area contributed by atoms with Crippen molar-refractivity contribution in [1.29, 1.82) is 0 Å². The third-order valence-electron chi connectivity index (χ3n) is 1.51. The van der Waals surface area contributed by atoms with E-state index in [0.29, 0.717) is 0 Å². The minimum absolute atomic E-state index is 0.00343. The largest absolute Gasteiger partial charge is 0.469 e. The Hall–Kier alpha value is -0.390. The molecule has 1 aromatic heterocycles. The van der Waals surface area contributed by atoms with Crippen LogP contribution in [0, 0.1) is 0 Å². The number of aliphatic hydroxyl groups excluding tert-OH is 1. The summed E-state index contributed by atoms with van der Waals surface area (Å²) in [5.41, 5.74) is 0. The monoisotopic (exact) mass is 264 g/mol. The fourth-order valence-corrected chi connectivity index (χ4v) is 2.26. The first-order chi connectivity index (χ1) is 6.13. The molecule has 1 heterocycles. The highest BCUT2D eigenvalue weighted by atomic mass is 79.9. The van der Waals surface area contributed by atoms with Crippen molar-refractivity contribution in [1.82, 2.24) is 0 Å². The molecule has 0 saturated heterocycles. The van der Waals surface area contributed by atoms with Crippen LogP contribution in [-0.4, -0.2) is 18.2 Å². The Labute approximate surface area is 88.5 Å². The van der Waals surface area contributed by atoms with Gasteiger partial charge in [0.2, 0.25) is 0 Å². The number of methoxy groups -OCH3 is 1. The topological polar surface area (TPSA) is 46.5 Å². The zero-order valence-electron chi connectivity index (χ0n) is 6.99. The lowest BCUT2D eigenvalue weighted by Gasteiger charge is -2.05. The lowest BCUT2D eigenvalue weighted by atomic mass is 10.2. The van der Waals surface area contributed by atoms with E-state index in [0.717, 1.165) is 8.66 Å². The first kappa shape index (κ1) is 10.7. The molecule has 1 unspecified atom stereocenters. The molecule has 13 heavy (non-hydrogen) atoms. The summed E-state index contributed by atoms with van der Waals surface area (Å²) >= 11 is 4.68. The molecule has 1 rings (SSSR count). The molecule has 0 radical (unpaired) electrons. The molecule has 1 atom stereocenters. The Bertz CT molecular complexity index is 297. The van der Waals surface area contributed by atoms with Crippen LogP contribution in [0.3, 0.4) is 0 Å². The lowest BCUT2D eigenvalue weighted by Crippen LogP contribution is -2.06. The Morgan fingerprint density at radius 1 is 1.77 bits per heavy atom. The van der Waals surface area contributed by atoms with Gasteiger partial charge in [-0.2, -0.15) is 0 Å². The minimum Gasteiger partial charge on any atom is -0.469 e. The Morgan fingerprint density at radius 3 is 2.92 bits per heavy atom. The molecule has 0 fully saturated rings. The summed E-state index contributed by atoms with van der Waals surface area (Å²) < 4.78 is 5.38. The molecule has 0 aliphatic rings. The van der Waals surface area contributed by atoms with E-state index in [1.165, 1.54) is 18.4 Å². The van der Waals surface area contributed by atoms with E-state index in [9.17, 15) is 9.90 Å². The minimum atomic E-state index is -0.760. The zero-order chi connectivity index (χ0) is 9.84. The molecule has 0 bridgehead atoms. The highest BCUT2D eigenvalue weighted by Gasteiger charge is 2.14. The highest BCUT2D eigenvalue weighted by Crippen LogP contribution is 2.28. The predicted molar refractivity (Wildman–Crippen MR) is 53.6 cm³/mol. The van der Waals surface area contributed by atoms with Crippen molar-refractivity contribution >= 4 is 33.2 Å². The van der Waals surface area contributed by atoms with Gasteiger partial charge in [0.1, 0.15) is 0 Å². The third kappa shape index (κ3) is 3.10. The molecular weight excluding hydrogens is 256 g/mol. The number of carbonyl (C=O) groups excluding carboxylic acids is 1. The molecule has 1 N–H and O–H groups in total. The van der Waals surface area contributed by atoms with E-state index < -0.39 is 12.1 Å². The molecule has 0 spiro atoms. The second kappa shape index (κ2) is 4.74. The first-order valence-corrected chi connectivity index (χ1v) is 5.24. The maximum atomic E-state index is 10.8. The van der Waals surface area contributed by atoms with Gasteiger partial charge in [-0.15, -0.1) is 11.3 Å². The molecule has 1 aromatic rings. The number of halogens is 1. The van der Waals surface area contributed by atoms with Crippen molar-refractivity contribution in [3.8, 4) is 0 Å².